The Balaban J connectivity index is 1.83. The maximum Gasteiger partial charge on any atom is -0.00201 e. The highest BCUT2D eigenvalue weighted by Gasteiger charge is 2.22. The van der Waals surface area contributed by atoms with E-state index in [0.29, 0.717) is 0 Å². The molecular formula is C38H28. The lowest BCUT2D eigenvalue weighted by Crippen LogP contribution is -1.99. The molecule has 0 heteroatoms. The van der Waals surface area contributed by atoms with Crippen LogP contribution in [0, 0.1) is 0 Å². The first-order valence-corrected chi connectivity index (χ1v) is 12.8. The fourth-order valence-electron chi connectivity index (χ4n) is 5.97. The number of hydrogen-bond acceptors (Lipinski definition) is 0. The Morgan fingerprint density at radius 3 is 1.61 bits per heavy atom. The van der Waals surface area contributed by atoms with Gasteiger partial charge in [-0.25, -0.2) is 0 Å². The van der Waals surface area contributed by atoms with Gasteiger partial charge in [0.05, 0.1) is 0 Å². The molecule has 0 saturated carbocycles. The quantitative estimate of drug-likeness (QED) is 0.206. The summed E-state index contributed by atoms with van der Waals surface area (Å²) in [6.45, 7) is 17.0. The van der Waals surface area contributed by atoms with Crippen LogP contribution in [0.15, 0.2) is 123 Å². The predicted octanol–water partition coefficient (Wildman–Crippen LogP) is 11.1. The third kappa shape index (κ3) is 3.46. The van der Waals surface area contributed by atoms with E-state index in [0.717, 1.165) is 38.9 Å². The molecule has 6 aromatic rings. The molecule has 0 aliphatic rings. The van der Waals surface area contributed by atoms with Gasteiger partial charge in [-0.3, -0.25) is 0 Å². The maximum atomic E-state index is 4.27. The molecule has 0 heterocycles. The van der Waals surface area contributed by atoms with Gasteiger partial charge in [-0.05, 0) is 82.9 Å². The van der Waals surface area contributed by atoms with E-state index in [9.17, 15) is 0 Å². The topological polar surface area (TPSA) is 0 Å². The highest BCUT2D eigenvalue weighted by molar-refractivity contribution is 6.17. The highest BCUT2D eigenvalue weighted by Crippen LogP contribution is 2.46. The Kier molecular flexibility index (Phi) is 5.86. The zero-order valence-electron chi connectivity index (χ0n) is 21.4. The minimum absolute atomic E-state index is 1.07. The molecular weight excluding hydrogens is 456 g/mol. The van der Waals surface area contributed by atoms with Gasteiger partial charge in [0.25, 0.3) is 0 Å². The smallest absolute Gasteiger partial charge is 0.00201 e. The van der Waals surface area contributed by atoms with Crippen molar-refractivity contribution >= 4 is 56.6 Å². The van der Waals surface area contributed by atoms with Crippen molar-refractivity contribution in [1.82, 2.24) is 0 Å². The van der Waals surface area contributed by atoms with Crippen LogP contribution in [0.5, 0.6) is 0 Å². The average molecular weight is 485 g/mol. The Morgan fingerprint density at radius 2 is 0.947 bits per heavy atom. The van der Waals surface area contributed by atoms with Gasteiger partial charge >= 0.3 is 0 Å². The number of rotatable bonds is 6. The van der Waals surface area contributed by atoms with Crippen molar-refractivity contribution in [2.75, 3.05) is 0 Å². The molecule has 0 unspecified atom stereocenters. The minimum Gasteiger partial charge on any atom is -0.0984 e. The van der Waals surface area contributed by atoms with E-state index in [4.69, 9.17) is 0 Å². The Morgan fingerprint density at radius 1 is 0.421 bits per heavy atom. The van der Waals surface area contributed by atoms with Crippen LogP contribution in [0.1, 0.15) is 22.3 Å². The van der Waals surface area contributed by atoms with Gasteiger partial charge in [0.1, 0.15) is 0 Å². The van der Waals surface area contributed by atoms with Gasteiger partial charge in [0, 0.05) is 0 Å². The predicted molar refractivity (Wildman–Crippen MR) is 170 cm³/mol. The van der Waals surface area contributed by atoms with Crippen molar-refractivity contribution in [3.63, 3.8) is 0 Å². The summed E-state index contributed by atoms with van der Waals surface area (Å²) in [7, 11) is 0. The van der Waals surface area contributed by atoms with E-state index >= 15 is 0 Å². The maximum absolute atomic E-state index is 4.27. The zero-order valence-corrected chi connectivity index (χ0v) is 21.4. The SMILES string of the molecule is C=Cc1c(C=C)c(-c2cc3ccc4ccccc4c3c(C=C)c2C=C)c2ccccc2c1-c1ccccc1. The first kappa shape index (κ1) is 23.5. The van der Waals surface area contributed by atoms with Gasteiger partial charge in [-0.15, -0.1) is 0 Å². The lowest BCUT2D eigenvalue weighted by molar-refractivity contribution is 1.58. The van der Waals surface area contributed by atoms with E-state index in [1.165, 1.54) is 37.9 Å². The molecule has 0 nitrogen and oxygen atoms in total. The van der Waals surface area contributed by atoms with Crippen molar-refractivity contribution in [2.24, 2.45) is 0 Å². The van der Waals surface area contributed by atoms with Crippen molar-refractivity contribution in [2.45, 2.75) is 0 Å². The molecule has 0 aliphatic heterocycles. The third-order valence-electron chi connectivity index (χ3n) is 7.55. The Bertz CT molecular complexity index is 1920. The molecule has 0 N–H and O–H groups in total. The van der Waals surface area contributed by atoms with Crippen LogP contribution in [0.25, 0.3) is 78.9 Å². The van der Waals surface area contributed by atoms with Gasteiger partial charge in [0.15, 0.2) is 0 Å². The summed E-state index contributed by atoms with van der Waals surface area (Å²) >= 11 is 0. The fourth-order valence-corrected chi connectivity index (χ4v) is 5.97. The number of fused-ring (bicyclic) bond motifs is 4. The second kappa shape index (κ2) is 9.50. The van der Waals surface area contributed by atoms with E-state index in [-0.39, 0.29) is 0 Å². The lowest BCUT2D eigenvalue weighted by Gasteiger charge is -2.23. The van der Waals surface area contributed by atoms with Gasteiger partial charge in [-0.2, -0.15) is 0 Å². The molecule has 0 amide bonds. The molecule has 6 aromatic carbocycles. The first-order chi connectivity index (χ1) is 18.7. The molecule has 6 rings (SSSR count). The summed E-state index contributed by atoms with van der Waals surface area (Å²) < 4.78 is 0. The first-order valence-electron chi connectivity index (χ1n) is 12.8. The summed E-state index contributed by atoms with van der Waals surface area (Å²) in [4.78, 5) is 0. The van der Waals surface area contributed by atoms with Crippen molar-refractivity contribution in [3.05, 3.63) is 146 Å². The summed E-state index contributed by atoms with van der Waals surface area (Å²) in [5, 5.41) is 7.16. The molecule has 0 radical (unpaired) electrons. The Hall–Kier alpha value is -4.94. The van der Waals surface area contributed by atoms with Crippen molar-refractivity contribution < 1.29 is 0 Å². The largest absolute Gasteiger partial charge is 0.0984 e. The molecule has 180 valence electrons. The average Bonchev–Trinajstić information content (AvgIpc) is 2.98. The lowest BCUT2D eigenvalue weighted by atomic mass is 9.80. The number of hydrogen-bond donors (Lipinski definition) is 0. The Labute approximate surface area is 224 Å². The van der Waals surface area contributed by atoms with Gasteiger partial charge < -0.3 is 0 Å². The summed E-state index contributed by atoms with van der Waals surface area (Å²) in [6.07, 6.45) is 7.87. The van der Waals surface area contributed by atoms with E-state index in [1.54, 1.807) is 0 Å². The van der Waals surface area contributed by atoms with E-state index in [1.807, 2.05) is 30.4 Å². The highest BCUT2D eigenvalue weighted by atomic mass is 14.2. The van der Waals surface area contributed by atoms with Crippen molar-refractivity contribution in [1.29, 1.82) is 0 Å². The van der Waals surface area contributed by atoms with Crippen LogP contribution in [0.3, 0.4) is 0 Å². The van der Waals surface area contributed by atoms with Gasteiger partial charge in [-0.1, -0.05) is 142 Å². The van der Waals surface area contributed by atoms with Crippen LogP contribution in [-0.2, 0) is 0 Å². The van der Waals surface area contributed by atoms with Crippen LogP contribution < -0.4 is 0 Å². The second-order valence-electron chi connectivity index (χ2n) is 9.44. The minimum atomic E-state index is 1.07. The van der Waals surface area contributed by atoms with E-state index < -0.39 is 0 Å². The van der Waals surface area contributed by atoms with Crippen LogP contribution >= 0.6 is 0 Å². The molecule has 0 spiro atoms. The van der Waals surface area contributed by atoms with Crippen LogP contribution in [-0.4, -0.2) is 0 Å². The molecule has 0 bridgehead atoms. The third-order valence-corrected chi connectivity index (χ3v) is 7.55. The summed E-state index contributed by atoms with van der Waals surface area (Å²) in [5.41, 5.74) is 8.89. The normalized spacial score (nSPS) is 11.1. The molecule has 0 fully saturated rings. The molecule has 38 heavy (non-hydrogen) atoms. The summed E-state index contributed by atoms with van der Waals surface area (Å²) in [6, 6.07) is 34.4. The second-order valence-corrected chi connectivity index (χ2v) is 9.44. The molecule has 0 atom stereocenters. The van der Waals surface area contributed by atoms with Crippen LogP contribution in [0.2, 0.25) is 0 Å². The molecule has 0 saturated heterocycles. The standard InChI is InChI=1S/C38H28/c1-5-28-29(6-2)37-27(23-22-25-16-12-13-19-32(25)37)24-35(28)38-31(8-4)30(7-3)36(26-17-10-9-11-18-26)33-20-14-15-21-34(33)38/h5-24H,1-4H2. The molecule has 0 aromatic heterocycles. The monoisotopic (exact) mass is 484 g/mol. The van der Waals surface area contributed by atoms with E-state index in [2.05, 4.69) is 117 Å². The zero-order chi connectivity index (χ0) is 26.2. The summed E-state index contributed by atoms with van der Waals surface area (Å²) in [5.74, 6) is 0. The molecule has 0 aliphatic carbocycles. The van der Waals surface area contributed by atoms with Crippen molar-refractivity contribution in [3.8, 4) is 22.3 Å². The van der Waals surface area contributed by atoms with Gasteiger partial charge in [0.2, 0.25) is 0 Å². The number of benzene rings is 6. The van der Waals surface area contributed by atoms with Crippen LogP contribution in [0.4, 0.5) is 0 Å². The fraction of sp³-hybridized carbons (Fsp3) is 0.